The first kappa shape index (κ1) is 24.8. The van der Waals surface area contributed by atoms with Crippen LogP contribution in [0, 0.1) is 0 Å². The van der Waals surface area contributed by atoms with Crippen molar-refractivity contribution >= 4 is 51.6 Å². The Bertz CT molecular complexity index is 1350. The molecule has 180 valence electrons. The number of halogens is 1. The number of hydrogen-bond acceptors (Lipinski definition) is 8. The van der Waals surface area contributed by atoms with Gasteiger partial charge in [-0.25, -0.2) is 4.79 Å². The Hall–Kier alpha value is -3.34. The van der Waals surface area contributed by atoms with Crippen LogP contribution in [-0.2, 0) is 16.6 Å². The molecule has 2 aromatic heterocycles. The number of thioether (sulfide) groups is 1. The number of carbonyl (C=O) groups is 2. The summed E-state index contributed by atoms with van der Waals surface area (Å²) >= 11 is 8.47. The zero-order chi connectivity index (χ0) is 24.9. The average Bonchev–Trinajstić information content (AvgIpc) is 3.46. The minimum absolute atomic E-state index is 0.0863. The number of benzene rings is 2. The maximum absolute atomic E-state index is 12.7. The van der Waals surface area contributed by atoms with Crippen molar-refractivity contribution in [1.82, 2.24) is 14.8 Å². The molecule has 0 fully saturated rings. The predicted molar refractivity (Wildman–Crippen MR) is 138 cm³/mol. The Morgan fingerprint density at radius 1 is 1.06 bits per heavy atom. The number of nitrogens with one attached hydrogen (secondary N) is 1. The van der Waals surface area contributed by atoms with Crippen molar-refractivity contribution < 1.29 is 19.1 Å². The summed E-state index contributed by atoms with van der Waals surface area (Å²) in [4.78, 5) is 25.3. The average molecular weight is 529 g/mol. The summed E-state index contributed by atoms with van der Waals surface area (Å²) in [5.74, 6) is 0.653. The van der Waals surface area contributed by atoms with E-state index in [4.69, 9.17) is 21.1 Å². The smallest absolute Gasteiger partial charge is 0.341 e. The van der Waals surface area contributed by atoms with Crippen LogP contribution in [0.1, 0.15) is 10.4 Å². The maximum Gasteiger partial charge on any atom is 0.341 e. The van der Waals surface area contributed by atoms with Crippen LogP contribution < -0.4 is 10.1 Å². The maximum atomic E-state index is 12.7. The predicted octanol–water partition coefficient (Wildman–Crippen LogP) is 5.39. The molecule has 1 amide bonds. The highest BCUT2D eigenvalue weighted by molar-refractivity contribution is 7.99. The first-order valence-electron chi connectivity index (χ1n) is 10.3. The highest BCUT2D eigenvalue weighted by Gasteiger charge is 2.23. The lowest BCUT2D eigenvalue weighted by molar-refractivity contribution is -0.113. The Morgan fingerprint density at radius 3 is 2.40 bits per heavy atom. The molecule has 4 aromatic rings. The fourth-order valence-corrected chi connectivity index (χ4v) is 5.13. The van der Waals surface area contributed by atoms with Crippen LogP contribution in [-0.4, -0.2) is 46.6 Å². The Morgan fingerprint density at radius 2 is 1.74 bits per heavy atom. The van der Waals surface area contributed by atoms with Gasteiger partial charge in [-0.3, -0.25) is 4.79 Å². The van der Waals surface area contributed by atoms with E-state index in [0.717, 1.165) is 11.1 Å². The number of hydrogen-bond donors (Lipinski definition) is 1. The van der Waals surface area contributed by atoms with Gasteiger partial charge in [-0.1, -0.05) is 35.5 Å². The first-order valence-corrected chi connectivity index (χ1v) is 12.6. The summed E-state index contributed by atoms with van der Waals surface area (Å²) in [5.41, 5.74) is 2.66. The van der Waals surface area contributed by atoms with Gasteiger partial charge >= 0.3 is 5.97 Å². The van der Waals surface area contributed by atoms with E-state index in [0.29, 0.717) is 37.9 Å². The molecule has 0 aliphatic rings. The van der Waals surface area contributed by atoms with Gasteiger partial charge in [-0.2, -0.15) is 0 Å². The van der Waals surface area contributed by atoms with Crippen LogP contribution >= 0.6 is 34.7 Å². The van der Waals surface area contributed by atoms with Crippen LogP contribution in [0.3, 0.4) is 0 Å². The van der Waals surface area contributed by atoms with E-state index in [-0.39, 0.29) is 11.7 Å². The van der Waals surface area contributed by atoms with Crippen molar-refractivity contribution in [3.8, 4) is 28.3 Å². The number of amides is 1. The summed E-state index contributed by atoms with van der Waals surface area (Å²) in [6.07, 6.45) is 0. The lowest BCUT2D eigenvalue weighted by atomic mass is 10.0. The minimum Gasteiger partial charge on any atom is -0.497 e. The van der Waals surface area contributed by atoms with Gasteiger partial charge in [0, 0.05) is 28.6 Å². The van der Waals surface area contributed by atoms with Gasteiger partial charge < -0.3 is 19.4 Å². The molecule has 0 unspecified atom stereocenters. The zero-order valence-corrected chi connectivity index (χ0v) is 21.5. The molecule has 11 heteroatoms. The largest absolute Gasteiger partial charge is 0.497 e. The summed E-state index contributed by atoms with van der Waals surface area (Å²) in [5, 5.41) is 14.7. The molecule has 0 aliphatic heterocycles. The van der Waals surface area contributed by atoms with E-state index in [9.17, 15) is 9.59 Å². The van der Waals surface area contributed by atoms with Crippen LogP contribution in [0.5, 0.6) is 5.75 Å². The number of aromatic nitrogens is 3. The van der Waals surface area contributed by atoms with Gasteiger partial charge in [-0.05, 0) is 42.0 Å². The zero-order valence-electron chi connectivity index (χ0n) is 19.1. The van der Waals surface area contributed by atoms with E-state index in [1.54, 1.807) is 19.2 Å². The topological polar surface area (TPSA) is 95.3 Å². The summed E-state index contributed by atoms with van der Waals surface area (Å²) in [6.45, 7) is 0. The highest BCUT2D eigenvalue weighted by atomic mass is 35.5. The van der Waals surface area contributed by atoms with Crippen molar-refractivity contribution in [3.63, 3.8) is 0 Å². The van der Waals surface area contributed by atoms with E-state index in [1.165, 1.54) is 30.2 Å². The molecule has 0 atom stereocenters. The standard InChI is InChI=1S/C24H21ClN4O4S2/c1-29-21(15-4-8-16(25)9-5-15)27-28-24(29)35-13-19(30)26-22-20(23(31)33-3)18(12-34-22)14-6-10-17(32-2)11-7-14/h4-12H,13H2,1-3H3,(H,26,30). The lowest BCUT2D eigenvalue weighted by Crippen LogP contribution is -2.16. The molecule has 0 bridgehead atoms. The van der Waals surface area contributed by atoms with Crippen molar-refractivity contribution in [2.45, 2.75) is 5.16 Å². The molecule has 4 rings (SSSR count). The van der Waals surface area contributed by atoms with E-state index in [1.807, 2.05) is 53.4 Å². The van der Waals surface area contributed by atoms with Crippen molar-refractivity contribution in [2.75, 3.05) is 25.3 Å². The van der Waals surface area contributed by atoms with Gasteiger partial charge in [0.2, 0.25) is 5.91 Å². The Kier molecular flexibility index (Phi) is 7.74. The van der Waals surface area contributed by atoms with Crippen molar-refractivity contribution in [3.05, 3.63) is 64.5 Å². The fourth-order valence-electron chi connectivity index (χ4n) is 3.32. The number of esters is 1. The second kappa shape index (κ2) is 10.9. The van der Waals surface area contributed by atoms with Gasteiger partial charge in [0.25, 0.3) is 0 Å². The van der Waals surface area contributed by atoms with Crippen molar-refractivity contribution in [2.24, 2.45) is 7.05 Å². The Labute approximate surface area is 215 Å². The molecule has 0 spiro atoms. The number of carbonyl (C=O) groups excluding carboxylic acids is 2. The van der Waals surface area contributed by atoms with Gasteiger partial charge in [0.15, 0.2) is 11.0 Å². The van der Waals surface area contributed by atoms with Crippen LogP contribution in [0.4, 0.5) is 5.00 Å². The summed E-state index contributed by atoms with van der Waals surface area (Å²) in [6, 6.07) is 14.6. The number of methoxy groups -OCH3 is 2. The second-order valence-corrected chi connectivity index (χ2v) is 9.54. The van der Waals surface area contributed by atoms with E-state index < -0.39 is 5.97 Å². The number of rotatable bonds is 8. The number of thiophene rings is 1. The third-order valence-corrected chi connectivity index (χ3v) is 7.27. The van der Waals surface area contributed by atoms with Crippen LogP contribution in [0.15, 0.2) is 59.1 Å². The number of anilines is 1. The summed E-state index contributed by atoms with van der Waals surface area (Å²) in [7, 11) is 4.73. The first-order chi connectivity index (χ1) is 16.9. The SMILES string of the molecule is COC(=O)c1c(-c2ccc(OC)cc2)csc1NC(=O)CSc1nnc(-c2ccc(Cl)cc2)n1C. The monoisotopic (exact) mass is 528 g/mol. The molecule has 35 heavy (non-hydrogen) atoms. The minimum atomic E-state index is -0.527. The van der Waals surface area contributed by atoms with E-state index >= 15 is 0 Å². The van der Waals surface area contributed by atoms with Gasteiger partial charge in [0.05, 0.1) is 20.0 Å². The number of nitrogens with zero attached hydrogens (tertiary/aromatic N) is 3. The van der Waals surface area contributed by atoms with Crippen LogP contribution in [0.2, 0.25) is 5.02 Å². The third-order valence-electron chi connectivity index (χ3n) is 5.10. The molecule has 0 radical (unpaired) electrons. The summed E-state index contributed by atoms with van der Waals surface area (Å²) < 4.78 is 12.0. The van der Waals surface area contributed by atoms with Gasteiger partial charge in [0.1, 0.15) is 16.3 Å². The molecule has 0 aliphatic carbocycles. The molecule has 1 N–H and O–H groups in total. The third kappa shape index (κ3) is 5.50. The quantitative estimate of drug-likeness (QED) is 0.242. The van der Waals surface area contributed by atoms with Gasteiger partial charge in [-0.15, -0.1) is 21.5 Å². The molecule has 2 heterocycles. The lowest BCUT2D eigenvalue weighted by Gasteiger charge is -2.08. The number of ether oxygens (including phenoxy) is 2. The molecule has 0 saturated heterocycles. The highest BCUT2D eigenvalue weighted by Crippen LogP contribution is 2.37. The fraction of sp³-hybridized carbons (Fsp3) is 0.167. The second-order valence-electron chi connectivity index (χ2n) is 7.28. The van der Waals surface area contributed by atoms with Crippen LogP contribution in [0.25, 0.3) is 22.5 Å². The molecular formula is C24H21ClN4O4S2. The molecule has 2 aromatic carbocycles. The molecule has 0 saturated carbocycles. The van der Waals surface area contributed by atoms with Crippen molar-refractivity contribution in [1.29, 1.82) is 0 Å². The normalized spacial score (nSPS) is 10.7. The molecular weight excluding hydrogens is 508 g/mol. The molecule has 8 nitrogen and oxygen atoms in total. The Balaban J connectivity index is 1.48. The van der Waals surface area contributed by atoms with E-state index in [2.05, 4.69) is 15.5 Å².